The van der Waals surface area contributed by atoms with Crippen LogP contribution < -0.4 is 4.72 Å². The van der Waals surface area contributed by atoms with Crippen LogP contribution in [0.1, 0.15) is 5.56 Å². The molecule has 0 radical (unpaired) electrons. The second-order valence-electron chi connectivity index (χ2n) is 4.02. The minimum Gasteiger partial charge on any atom is -0.212 e. The molecule has 1 heterocycles. The Hall–Kier alpha value is -0.000000000000000111. The van der Waals surface area contributed by atoms with Gasteiger partial charge in [-0.25, -0.2) is 25.9 Å². The molecule has 10 heteroatoms. The van der Waals surface area contributed by atoms with Gasteiger partial charge in [0.05, 0.1) is 9.54 Å². The summed E-state index contributed by atoms with van der Waals surface area (Å²) >= 11 is 4.34. The van der Waals surface area contributed by atoms with E-state index in [1.165, 1.54) is 20.2 Å². The summed E-state index contributed by atoms with van der Waals surface area (Å²) in [7, 11) is -4.25. The van der Waals surface area contributed by atoms with Crippen LogP contribution in [0, 0.1) is 6.92 Å². The summed E-state index contributed by atoms with van der Waals surface area (Å²) in [5.41, 5.74) is 0.825. The van der Waals surface area contributed by atoms with E-state index in [9.17, 15) is 16.8 Å². The molecule has 1 aromatic heterocycles. The molecule has 1 aromatic rings. The van der Waals surface area contributed by atoms with Gasteiger partial charge >= 0.3 is 0 Å². The van der Waals surface area contributed by atoms with E-state index in [0.717, 1.165) is 25.0 Å². The molecule has 110 valence electrons. The van der Waals surface area contributed by atoms with E-state index in [0.29, 0.717) is 0 Å². The number of hydrogen-bond acceptors (Lipinski definition) is 5. The van der Waals surface area contributed by atoms with Gasteiger partial charge in [-0.3, -0.25) is 0 Å². The Balaban J connectivity index is 2.72. The minimum absolute atomic E-state index is 0.155. The highest BCUT2D eigenvalue weighted by Gasteiger charge is 2.20. The van der Waals surface area contributed by atoms with Crippen molar-refractivity contribution in [3.63, 3.8) is 0 Å². The number of halogens is 1. The molecule has 0 aliphatic rings. The second kappa shape index (κ2) is 6.19. The third kappa shape index (κ3) is 4.50. The summed E-state index contributed by atoms with van der Waals surface area (Å²) in [5.74, 6) is -0.273. The molecule has 0 amide bonds. The van der Waals surface area contributed by atoms with E-state index < -0.39 is 20.0 Å². The van der Waals surface area contributed by atoms with Gasteiger partial charge in [0.15, 0.2) is 0 Å². The molecule has 0 fully saturated rings. The zero-order valence-electron chi connectivity index (χ0n) is 10.7. The van der Waals surface area contributed by atoms with Crippen molar-refractivity contribution in [2.75, 3.05) is 26.4 Å². The molecule has 6 nitrogen and oxygen atoms in total. The molecule has 0 saturated heterocycles. The third-order valence-electron chi connectivity index (χ3n) is 2.31. The number of aryl methyl sites for hydroxylation is 1. The molecule has 0 aliphatic heterocycles. The fourth-order valence-electron chi connectivity index (χ4n) is 1.12. The molecule has 19 heavy (non-hydrogen) atoms. The summed E-state index contributed by atoms with van der Waals surface area (Å²) in [6.45, 7) is 1.63. The van der Waals surface area contributed by atoms with Crippen molar-refractivity contribution < 1.29 is 16.8 Å². The Morgan fingerprint density at radius 1 is 1.32 bits per heavy atom. The van der Waals surface area contributed by atoms with Crippen molar-refractivity contribution in [1.29, 1.82) is 0 Å². The molecule has 0 atom stereocenters. The summed E-state index contributed by atoms with van der Waals surface area (Å²) in [6, 6.07) is 1.54. The third-order valence-corrected chi connectivity index (χ3v) is 8.21. The lowest BCUT2D eigenvalue weighted by Crippen LogP contribution is -2.33. The summed E-state index contributed by atoms with van der Waals surface area (Å²) < 4.78 is 51.1. The van der Waals surface area contributed by atoms with E-state index >= 15 is 0 Å². The van der Waals surface area contributed by atoms with Crippen LogP contribution >= 0.6 is 27.3 Å². The fourth-order valence-corrected chi connectivity index (χ4v) is 5.28. The molecule has 0 saturated carbocycles. The zero-order chi connectivity index (χ0) is 14.8. The van der Waals surface area contributed by atoms with Gasteiger partial charge in [0.1, 0.15) is 4.21 Å². The lowest BCUT2D eigenvalue weighted by atomic mass is 10.4. The van der Waals surface area contributed by atoms with Gasteiger partial charge in [0, 0.05) is 20.6 Å². The number of hydrogen-bond donors (Lipinski definition) is 1. The standard InChI is InChI=1S/C9H15BrN2O4S3/c1-7-6-8(17-9(7)10)19(15,16)11-4-5-18(13,14)12(2)3/h6,11H,4-5H2,1-3H3. The number of rotatable bonds is 6. The van der Waals surface area contributed by atoms with Crippen LogP contribution in [0.25, 0.3) is 0 Å². The summed E-state index contributed by atoms with van der Waals surface area (Å²) in [4.78, 5) is 0. The second-order valence-corrected chi connectivity index (χ2v) is 10.7. The van der Waals surface area contributed by atoms with Crippen molar-refractivity contribution >= 4 is 47.3 Å². The van der Waals surface area contributed by atoms with Crippen LogP contribution in [0.15, 0.2) is 14.1 Å². The quantitative estimate of drug-likeness (QED) is 0.784. The normalized spacial score (nSPS) is 13.1. The molecule has 1 N–H and O–H groups in total. The smallest absolute Gasteiger partial charge is 0.212 e. The van der Waals surface area contributed by atoms with Crippen molar-refractivity contribution in [2.24, 2.45) is 0 Å². The van der Waals surface area contributed by atoms with Crippen LogP contribution in [0.5, 0.6) is 0 Å². The maximum Gasteiger partial charge on any atom is 0.250 e. The Morgan fingerprint density at radius 3 is 2.32 bits per heavy atom. The van der Waals surface area contributed by atoms with E-state index in [2.05, 4.69) is 20.7 Å². The first-order chi connectivity index (χ1) is 8.56. The molecule has 0 aliphatic carbocycles. The van der Waals surface area contributed by atoms with Crippen LogP contribution in [0.2, 0.25) is 0 Å². The Morgan fingerprint density at radius 2 is 1.89 bits per heavy atom. The molecule has 0 unspecified atom stereocenters. The fraction of sp³-hybridized carbons (Fsp3) is 0.556. The number of sulfonamides is 2. The first-order valence-corrected chi connectivity index (χ1v) is 9.92. The average molecular weight is 391 g/mol. The lowest BCUT2D eigenvalue weighted by Gasteiger charge is -2.11. The first kappa shape index (κ1) is 17.1. The maximum atomic E-state index is 11.9. The Kier molecular flexibility index (Phi) is 5.55. The Labute approximate surface area is 126 Å². The van der Waals surface area contributed by atoms with Crippen LogP contribution in [0.4, 0.5) is 0 Å². The Bertz CT molecular complexity index is 630. The molecular weight excluding hydrogens is 376 g/mol. The maximum absolute atomic E-state index is 11.9. The topological polar surface area (TPSA) is 83.5 Å². The van der Waals surface area contributed by atoms with E-state index in [1.807, 2.05) is 0 Å². The molecule has 0 aromatic carbocycles. The van der Waals surface area contributed by atoms with Gasteiger partial charge in [0.2, 0.25) is 20.0 Å². The highest BCUT2D eigenvalue weighted by atomic mass is 79.9. The zero-order valence-corrected chi connectivity index (χ0v) is 14.7. The number of nitrogens with zero attached hydrogens (tertiary/aromatic N) is 1. The lowest BCUT2D eigenvalue weighted by molar-refractivity contribution is 0.519. The van der Waals surface area contributed by atoms with Crippen LogP contribution in [0.3, 0.4) is 0 Å². The van der Waals surface area contributed by atoms with Crippen molar-refractivity contribution in [3.05, 3.63) is 15.4 Å². The van der Waals surface area contributed by atoms with Crippen LogP contribution in [-0.2, 0) is 20.0 Å². The van der Waals surface area contributed by atoms with Gasteiger partial charge < -0.3 is 0 Å². The number of nitrogens with one attached hydrogen (secondary N) is 1. The highest BCUT2D eigenvalue weighted by molar-refractivity contribution is 9.11. The average Bonchev–Trinajstić information content (AvgIpc) is 2.59. The summed E-state index contributed by atoms with van der Waals surface area (Å²) in [6.07, 6.45) is 0. The first-order valence-electron chi connectivity index (χ1n) is 5.22. The largest absolute Gasteiger partial charge is 0.250 e. The predicted molar refractivity (Wildman–Crippen MR) is 79.4 cm³/mol. The van der Waals surface area contributed by atoms with E-state index in [-0.39, 0.29) is 16.5 Å². The van der Waals surface area contributed by atoms with E-state index in [4.69, 9.17) is 0 Å². The monoisotopic (exact) mass is 390 g/mol. The van der Waals surface area contributed by atoms with Gasteiger partial charge in [-0.05, 0) is 34.5 Å². The van der Waals surface area contributed by atoms with E-state index in [1.54, 1.807) is 6.92 Å². The molecular formula is C9H15BrN2O4S3. The van der Waals surface area contributed by atoms with Crippen molar-refractivity contribution in [1.82, 2.24) is 9.03 Å². The highest BCUT2D eigenvalue weighted by Crippen LogP contribution is 2.30. The van der Waals surface area contributed by atoms with Crippen molar-refractivity contribution in [2.45, 2.75) is 11.1 Å². The SMILES string of the molecule is Cc1cc(S(=O)(=O)NCCS(=O)(=O)N(C)C)sc1Br. The molecule has 1 rings (SSSR count). The predicted octanol–water partition coefficient (Wildman–Crippen LogP) is 0.989. The van der Waals surface area contributed by atoms with Gasteiger partial charge in [-0.2, -0.15) is 0 Å². The number of thiophene rings is 1. The minimum atomic E-state index is -3.65. The summed E-state index contributed by atoms with van der Waals surface area (Å²) in [5, 5.41) is 0. The van der Waals surface area contributed by atoms with Gasteiger partial charge in [-0.1, -0.05) is 0 Å². The molecule has 0 spiro atoms. The van der Waals surface area contributed by atoms with Crippen molar-refractivity contribution in [3.8, 4) is 0 Å². The molecule has 0 bridgehead atoms. The van der Waals surface area contributed by atoms with Gasteiger partial charge in [0.25, 0.3) is 0 Å². The van der Waals surface area contributed by atoms with Gasteiger partial charge in [-0.15, -0.1) is 11.3 Å². The van der Waals surface area contributed by atoms with Crippen LogP contribution in [-0.4, -0.2) is 47.5 Å².